The molecule has 0 aromatic carbocycles. The van der Waals surface area contributed by atoms with Gasteiger partial charge in [-0.3, -0.25) is 9.59 Å². The number of nitrogens with one attached hydrogen (secondary N) is 4. The maximum Gasteiger partial charge on any atom is 0.408 e. The van der Waals surface area contributed by atoms with E-state index in [1.165, 1.54) is 0 Å². The second-order valence-electron chi connectivity index (χ2n) is 12.5. The monoisotopic (exact) mass is 692 g/mol. The Hall–Kier alpha value is -3.76. The number of carbonyl (C=O) groups excluding carboxylic acids is 7. The van der Waals surface area contributed by atoms with Gasteiger partial charge in [-0.25, -0.2) is 24.0 Å². The number of amides is 4. The van der Waals surface area contributed by atoms with Crippen molar-refractivity contribution < 1.29 is 57.2 Å². The van der Waals surface area contributed by atoms with Crippen molar-refractivity contribution in [3.63, 3.8) is 0 Å². The Morgan fingerprint density at radius 2 is 1.06 bits per heavy atom. The molecule has 0 fully saturated rings. The van der Waals surface area contributed by atoms with Gasteiger partial charge in [0.05, 0.1) is 21.3 Å². The van der Waals surface area contributed by atoms with Crippen LogP contribution in [0.15, 0.2) is 0 Å². The molecule has 0 aliphatic rings. The maximum absolute atomic E-state index is 13.2. The number of methoxy groups -OCH3 is 3. The predicted octanol–water partition coefficient (Wildman–Crippen LogP) is 1.82. The van der Waals surface area contributed by atoms with E-state index in [0.717, 1.165) is 33.1 Å². The van der Waals surface area contributed by atoms with Gasteiger partial charge in [-0.1, -0.05) is 20.3 Å². The first-order chi connectivity index (χ1) is 21.7. The molecule has 5 atom stereocenters. The number of thioether (sulfide) groups is 1. The van der Waals surface area contributed by atoms with Crippen LogP contribution in [0.25, 0.3) is 0 Å². The summed E-state index contributed by atoms with van der Waals surface area (Å²) in [7, 11) is 3.41. The predicted molar refractivity (Wildman–Crippen MR) is 172 cm³/mol. The molecule has 0 saturated heterocycles. The third-order valence-electron chi connectivity index (χ3n) is 6.20. The van der Waals surface area contributed by atoms with Crippen molar-refractivity contribution in [3.8, 4) is 0 Å². The van der Waals surface area contributed by atoms with Crippen LogP contribution in [0.3, 0.4) is 0 Å². The van der Waals surface area contributed by atoms with Gasteiger partial charge in [0.2, 0.25) is 11.8 Å². The number of esters is 3. The van der Waals surface area contributed by atoms with Crippen molar-refractivity contribution in [3.05, 3.63) is 0 Å². The number of hydrogen-bond acceptors (Lipinski definition) is 13. The molecule has 0 rings (SSSR count). The molecular formula is C30H52N4O12S. The standard InChI is InChI=1S/C30H52N4O12S/c1-12-17(2)22(34-28(41)46-30(6,7)8)23(36)32-18(24(37)42-9)13-14-21(35)31-19(25(38)43-10)15-47-16-20(26(39)44-11)33-27(40)45-29(3,4)5/h17-20,22H,12-16H2,1-11H3,(H,31,35)(H,32,36)(H,33,40)(H,34,41)/t17?,18-,19-,20+,22+/m1/s1. The molecule has 0 bridgehead atoms. The molecule has 4 amide bonds. The lowest BCUT2D eigenvalue weighted by atomic mass is 9.98. The van der Waals surface area contributed by atoms with Crippen molar-refractivity contribution in [2.24, 2.45) is 5.92 Å². The molecule has 0 saturated carbocycles. The van der Waals surface area contributed by atoms with Crippen LogP contribution in [0.1, 0.15) is 74.7 Å². The van der Waals surface area contributed by atoms with Gasteiger partial charge in [0.1, 0.15) is 35.4 Å². The molecule has 47 heavy (non-hydrogen) atoms. The summed E-state index contributed by atoms with van der Waals surface area (Å²) >= 11 is 1.05. The quantitative estimate of drug-likeness (QED) is 0.127. The summed E-state index contributed by atoms with van der Waals surface area (Å²) in [5.41, 5.74) is -1.61. The summed E-state index contributed by atoms with van der Waals surface area (Å²) < 4.78 is 24.8. The Bertz CT molecular complexity index is 1090. The molecule has 1 unspecified atom stereocenters. The van der Waals surface area contributed by atoms with Crippen LogP contribution >= 0.6 is 11.8 Å². The van der Waals surface area contributed by atoms with Crippen molar-refractivity contribution in [1.82, 2.24) is 21.3 Å². The molecule has 0 aliphatic carbocycles. The van der Waals surface area contributed by atoms with Crippen molar-refractivity contribution in [2.75, 3.05) is 32.8 Å². The molecule has 0 spiro atoms. The fourth-order valence-electron chi connectivity index (χ4n) is 3.71. The minimum absolute atomic E-state index is 0.0274. The second-order valence-corrected chi connectivity index (χ2v) is 13.6. The average molecular weight is 693 g/mol. The lowest BCUT2D eigenvalue weighted by Crippen LogP contribution is -2.55. The van der Waals surface area contributed by atoms with Crippen LogP contribution in [0, 0.1) is 5.92 Å². The number of ether oxygens (including phenoxy) is 5. The molecular weight excluding hydrogens is 640 g/mol. The Morgan fingerprint density at radius 1 is 0.638 bits per heavy atom. The summed E-state index contributed by atoms with van der Waals surface area (Å²) in [5.74, 6) is -4.07. The summed E-state index contributed by atoms with van der Waals surface area (Å²) in [6.45, 7) is 13.6. The van der Waals surface area contributed by atoms with E-state index in [-0.39, 0.29) is 30.3 Å². The lowest BCUT2D eigenvalue weighted by Gasteiger charge is -2.27. The first-order valence-corrected chi connectivity index (χ1v) is 16.2. The molecule has 0 aromatic rings. The smallest absolute Gasteiger partial charge is 0.408 e. The lowest BCUT2D eigenvalue weighted by molar-refractivity contribution is -0.146. The first-order valence-electron chi connectivity index (χ1n) is 15.1. The highest BCUT2D eigenvalue weighted by Crippen LogP contribution is 2.14. The molecule has 0 radical (unpaired) electrons. The van der Waals surface area contributed by atoms with Crippen LogP contribution in [-0.2, 0) is 47.7 Å². The van der Waals surface area contributed by atoms with Gasteiger partial charge in [0.15, 0.2) is 0 Å². The SMILES string of the molecule is CCC(C)[C@H](NC(=O)OC(C)(C)C)C(=O)N[C@H](CCC(=O)N[C@H](CSC[C@H](NC(=O)OC(C)(C)C)C(=O)OC)C(=O)OC)C(=O)OC. The summed E-state index contributed by atoms with van der Waals surface area (Å²) in [6, 6.07) is -4.57. The van der Waals surface area contributed by atoms with Crippen LogP contribution in [0.2, 0.25) is 0 Å². The van der Waals surface area contributed by atoms with Gasteiger partial charge < -0.3 is 45.0 Å². The van der Waals surface area contributed by atoms with Gasteiger partial charge >= 0.3 is 30.1 Å². The largest absolute Gasteiger partial charge is 0.467 e. The van der Waals surface area contributed by atoms with Gasteiger partial charge in [-0.15, -0.1) is 0 Å². The molecule has 0 aliphatic heterocycles. The normalized spacial score (nSPS) is 14.5. The van der Waals surface area contributed by atoms with Crippen LogP contribution in [0.5, 0.6) is 0 Å². The zero-order valence-electron chi connectivity index (χ0n) is 29.2. The molecule has 0 heterocycles. The maximum atomic E-state index is 13.2. The fourth-order valence-corrected chi connectivity index (χ4v) is 4.75. The molecule has 17 heteroatoms. The van der Waals surface area contributed by atoms with Crippen LogP contribution in [-0.4, -0.2) is 110 Å². The third kappa shape index (κ3) is 18.2. The van der Waals surface area contributed by atoms with Gasteiger partial charge in [0.25, 0.3) is 0 Å². The van der Waals surface area contributed by atoms with Gasteiger partial charge in [-0.2, -0.15) is 11.8 Å². The highest BCUT2D eigenvalue weighted by atomic mass is 32.2. The molecule has 270 valence electrons. The summed E-state index contributed by atoms with van der Waals surface area (Å²) in [6.07, 6.45) is -1.64. The van der Waals surface area contributed by atoms with Gasteiger partial charge in [0, 0.05) is 17.9 Å². The minimum Gasteiger partial charge on any atom is -0.467 e. The second kappa shape index (κ2) is 20.5. The fraction of sp³-hybridized carbons (Fsp3) is 0.767. The van der Waals surface area contributed by atoms with E-state index in [4.69, 9.17) is 23.7 Å². The van der Waals surface area contributed by atoms with Crippen LogP contribution in [0.4, 0.5) is 9.59 Å². The van der Waals surface area contributed by atoms with E-state index < -0.39 is 77.3 Å². The Balaban J connectivity index is 5.47. The summed E-state index contributed by atoms with van der Waals surface area (Å²) in [4.78, 5) is 87.7. The van der Waals surface area contributed by atoms with Gasteiger partial charge in [-0.05, 0) is 53.9 Å². The van der Waals surface area contributed by atoms with Crippen LogP contribution < -0.4 is 21.3 Å². The zero-order valence-corrected chi connectivity index (χ0v) is 30.0. The van der Waals surface area contributed by atoms with E-state index >= 15 is 0 Å². The minimum atomic E-state index is -1.25. The van der Waals surface area contributed by atoms with E-state index in [0.29, 0.717) is 6.42 Å². The number of alkyl carbamates (subject to hydrolysis) is 2. The van der Waals surface area contributed by atoms with Crippen molar-refractivity contribution >= 4 is 53.7 Å². The Labute approximate surface area is 280 Å². The third-order valence-corrected chi connectivity index (χ3v) is 7.33. The first kappa shape index (κ1) is 43.2. The number of rotatable bonds is 17. The topological polar surface area (TPSA) is 214 Å². The van der Waals surface area contributed by atoms with Crippen molar-refractivity contribution in [2.45, 2.75) is 110 Å². The Kier molecular flexibility index (Phi) is 18.8. The van der Waals surface area contributed by atoms with Crippen molar-refractivity contribution in [1.29, 1.82) is 0 Å². The zero-order chi connectivity index (χ0) is 36.5. The number of carbonyl (C=O) groups is 7. The summed E-state index contributed by atoms with van der Waals surface area (Å²) in [5, 5.41) is 10.0. The number of hydrogen-bond donors (Lipinski definition) is 4. The Morgan fingerprint density at radius 3 is 1.49 bits per heavy atom. The van der Waals surface area contributed by atoms with E-state index in [2.05, 4.69) is 21.3 Å². The average Bonchev–Trinajstić information content (AvgIpc) is 2.97. The molecule has 4 N–H and O–H groups in total. The highest BCUT2D eigenvalue weighted by Gasteiger charge is 2.33. The van der Waals surface area contributed by atoms with E-state index in [1.54, 1.807) is 48.5 Å². The van der Waals surface area contributed by atoms with E-state index in [9.17, 15) is 33.6 Å². The molecule has 16 nitrogen and oxygen atoms in total. The highest BCUT2D eigenvalue weighted by molar-refractivity contribution is 7.99. The molecule has 0 aromatic heterocycles. The van der Waals surface area contributed by atoms with E-state index in [1.807, 2.05) is 6.92 Å².